The van der Waals surface area contributed by atoms with Crippen LogP contribution in [-0.4, -0.2) is 21.1 Å². The molecule has 0 heterocycles. The minimum atomic E-state index is -0.361. The first-order chi connectivity index (χ1) is 13.7. The average Bonchev–Trinajstić information content (AvgIpc) is 2.65. The summed E-state index contributed by atoms with van der Waals surface area (Å²) in [7, 11) is 0. The van der Waals surface area contributed by atoms with Gasteiger partial charge in [0.15, 0.2) is 5.78 Å². The Morgan fingerprint density at radius 2 is 1.38 bits per heavy atom. The fourth-order valence-corrected chi connectivity index (χ4v) is 2.75. The van der Waals surface area contributed by atoms with Crippen LogP contribution in [0.1, 0.15) is 54.7 Å². The minimum Gasteiger partial charge on any atom is -0.508 e. The highest BCUT2D eigenvalue weighted by molar-refractivity contribution is 6.08. The number of carbonyl (C=O) groups excluding carboxylic acids is 1. The Kier molecular flexibility index (Phi) is 7.43. The Balaban J connectivity index is 2.27. The van der Waals surface area contributed by atoms with Gasteiger partial charge in [-0.05, 0) is 81.5 Å². The zero-order valence-electron chi connectivity index (χ0n) is 17.4. The molecule has 0 saturated carbocycles. The lowest BCUT2D eigenvalue weighted by Gasteiger charge is -2.07. The van der Waals surface area contributed by atoms with Crippen molar-refractivity contribution in [3.63, 3.8) is 0 Å². The molecule has 0 aliphatic rings. The van der Waals surface area contributed by atoms with Gasteiger partial charge in [-0.15, -0.1) is 0 Å². The van der Waals surface area contributed by atoms with Gasteiger partial charge in [0.05, 0.1) is 5.56 Å². The number of phenolic OH excluding ortho intramolecular Hbond substituents is 3. The summed E-state index contributed by atoms with van der Waals surface area (Å²) in [6, 6.07) is 7.88. The molecule has 0 saturated heterocycles. The third kappa shape index (κ3) is 6.39. The molecule has 4 nitrogen and oxygen atoms in total. The molecule has 0 radical (unpaired) electrons. The molecule has 29 heavy (non-hydrogen) atoms. The van der Waals surface area contributed by atoms with E-state index in [1.807, 2.05) is 45.9 Å². The van der Waals surface area contributed by atoms with E-state index in [9.17, 15) is 20.1 Å². The van der Waals surface area contributed by atoms with Gasteiger partial charge in [-0.3, -0.25) is 4.79 Å². The van der Waals surface area contributed by atoms with Crippen LogP contribution in [-0.2, 0) is 12.8 Å². The maximum absolute atomic E-state index is 12.6. The Labute approximate surface area is 172 Å². The van der Waals surface area contributed by atoms with Crippen LogP contribution in [0, 0.1) is 0 Å². The van der Waals surface area contributed by atoms with E-state index < -0.39 is 0 Å². The van der Waals surface area contributed by atoms with Gasteiger partial charge < -0.3 is 15.3 Å². The van der Waals surface area contributed by atoms with Crippen LogP contribution < -0.4 is 0 Å². The zero-order valence-corrected chi connectivity index (χ0v) is 17.4. The smallest absolute Gasteiger partial charge is 0.189 e. The topological polar surface area (TPSA) is 77.8 Å². The van der Waals surface area contributed by atoms with E-state index in [4.69, 9.17) is 0 Å². The van der Waals surface area contributed by atoms with Gasteiger partial charge >= 0.3 is 0 Å². The molecule has 2 aromatic rings. The number of hydrogen-bond donors (Lipinski definition) is 3. The van der Waals surface area contributed by atoms with Crippen molar-refractivity contribution >= 4 is 11.9 Å². The molecule has 0 bridgehead atoms. The molecule has 0 fully saturated rings. The van der Waals surface area contributed by atoms with Crippen LogP contribution in [0.25, 0.3) is 6.08 Å². The molecule has 0 spiro atoms. The molecule has 0 aliphatic heterocycles. The molecular weight excluding hydrogens is 364 g/mol. The summed E-state index contributed by atoms with van der Waals surface area (Å²) >= 11 is 0. The molecule has 4 heteroatoms. The van der Waals surface area contributed by atoms with Gasteiger partial charge in [-0.1, -0.05) is 35.4 Å². The first-order valence-corrected chi connectivity index (χ1v) is 9.53. The number of rotatable bonds is 7. The number of hydrogen-bond acceptors (Lipinski definition) is 4. The highest BCUT2D eigenvalue weighted by Crippen LogP contribution is 2.29. The summed E-state index contributed by atoms with van der Waals surface area (Å²) in [5.41, 5.74) is 4.52. The van der Waals surface area contributed by atoms with Crippen LogP contribution >= 0.6 is 0 Å². The largest absolute Gasteiger partial charge is 0.508 e. The van der Waals surface area contributed by atoms with Gasteiger partial charge in [-0.25, -0.2) is 0 Å². The number of allylic oxidation sites excluding steroid dienone is 5. The number of benzene rings is 2. The van der Waals surface area contributed by atoms with Crippen molar-refractivity contribution in [2.75, 3.05) is 0 Å². The SMILES string of the molecule is CC(C)=CCc1cc(C=CC(=O)c2cc(CC=C(C)C)c(O)cc2O)ccc1O. The fourth-order valence-electron chi connectivity index (χ4n) is 2.75. The maximum atomic E-state index is 12.6. The Bertz CT molecular complexity index is 986. The Hall–Kier alpha value is -3.27. The first kappa shape index (κ1) is 22.0. The van der Waals surface area contributed by atoms with Gasteiger partial charge in [0.1, 0.15) is 17.2 Å². The predicted molar refractivity (Wildman–Crippen MR) is 118 cm³/mol. The Morgan fingerprint density at radius 1 is 0.793 bits per heavy atom. The van der Waals surface area contributed by atoms with E-state index in [1.165, 1.54) is 18.2 Å². The quantitative estimate of drug-likeness (QED) is 0.320. The third-order valence-corrected chi connectivity index (χ3v) is 4.45. The number of ketones is 1. The van der Waals surface area contributed by atoms with Crippen molar-refractivity contribution in [3.05, 3.63) is 82.0 Å². The standard InChI is InChI=1S/C25H28O4/c1-16(2)5-9-19-13-18(7-11-22(19)26)8-12-23(27)21-14-20(10-6-17(3)4)24(28)15-25(21)29/h5-8,11-15,26,28-29H,9-10H2,1-4H3. The fraction of sp³-hybridized carbons (Fsp3) is 0.240. The molecule has 0 atom stereocenters. The second-order valence-electron chi connectivity index (χ2n) is 7.56. The van der Waals surface area contributed by atoms with Crippen LogP contribution in [0.15, 0.2) is 59.7 Å². The molecule has 0 aromatic heterocycles. The number of phenols is 3. The summed E-state index contributed by atoms with van der Waals surface area (Å²) in [6.07, 6.45) is 8.08. The van der Waals surface area contributed by atoms with Crippen molar-refractivity contribution in [1.29, 1.82) is 0 Å². The van der Waals surface area contributed by atoms with Gasteiger partial charge in [0.25, 0.3) is 0 Å². The first-order valence-electron chi connectivity index (χ1n) is 9.53. The van der Waals surface area contributed by atoms with Crippen molar-refractivity contribution < 1.29 is 20.1 Å². The number of aromatic hydroxyl groups is 3. The van der Waals surface area contributed by atoms with Crippen LogP contribution in [0.3, 0.4) is 0 Å². The predicted octanol–water partition coefficient (Wildman–Crippen LogP) is 5.72. The summed E-state index contributed by atoms with van der Waals surface area (Å²) in [4.78, 5) is 12.6. The molecule has 2 aromatic carbocycles. The molecule has 152 valence electrons. The molecule has 0 unspecified atom stereocenters. The average molecular weight is 392 g/mol. The van der Waals surface area contributed by atoms with E-state index in [2.05, 4.69) is 0 Å². The van der Waals surface area contributed by atoms with E-state index in [-0.39, 0.29) is 28.6 Å². The van der Waals surface area contributed by atoms with E-state index >= 15 is 0 Å². The molecular formula is C25H28O4. The maximum Gasteiger partial charge on any atom is 0.189 e. The lowest BCUT2D eigenvalue weighted by molar-refractivity contribution is 0.104. The van der Waals surface area contributed by atoms with Crippen LogP contribution in [0.2, 0.25) is 0 Å². The van der Waals surface area contributed by atoms with Gasteiger partial charge in [0.2, 0.25) is 0 Å². The Morgan fingerprint density at radius 3 is 1.97 bits per heavy atom. The van der Waals surface area contributed by atoms with E-state index in [1.54, 1.807) is 18.2 Å². The van der Waals surface area contributed by atoms with Crippen LogP contribution in [0.4, 0.5) is 0 Å². The normalized spacial score (nSPS) is 10.8. The van der Waals surface area contributed by atoms with E-state index in [0.29, 0.717) is 18.4 Å². The lowest BCUT2D eigenvalue weighted by Crippen LogP contribution is -1.97. The highest BCUT2D eigenvalue weighted by atomic mass is 16.3. The summed E-state index contributed by atoms with van der Waals surface area (Å²) in [6.45, 7) is 7.90. The van der Waals surface area contributed by atoms with Crippen molar-refractivity contribution in [2.24, 2.45) is 0 Å². The number of carbonyl (C=O) groups is 1. The zero-order chi connectivity index (χ0) is 21.6. The third-order valence-electron chi connectivity index (χ3n) is 4.45. The highest BCUT2D eigenvalue weighted by Gasteiger charge is 2.13. The van der Waals surface area contributed by atoms with Gasteiger partial charge in [-0.2, -0.15) is 0 Å². The lowest BCUT2D eigenvalue weighted by atomic mass is 10.0. The van der Waals surface area contributed by atoms with E-state index in [0.717, 1.165) is 22.3 Å². The van der Waals surface area contributed by atoms with Crippen molar-refractivity contribution in [3.8, 4) is 17.2 Å². The molecule has 3 N–H and O–H groups in total. The van der Waals surface area contributed by atoms with Crippen molar-refractivity contribution in [2.45, 2.75) is 40.5 Å². The van der Waals surface area contributed by atoms with Crippen molar-refractivity contribution in [1.82, 2.24) is 0 Å². The molecule has 0 amide bonds. The second-order valence-corrected chi connectivity index (χ2v) is 7.56. The summed E-state index contributed by atoms with van der Waals surface area (Å²) in [5.74, 6) is -0.443. The second kappa shape index (κ2) is 9.78. The van der Waals surface area contributed by atoms with Gasteiger partial charge in [0, 0.05) is 6.07 Å². The summed E-state index contributed by atoms with van der Waals surface area (Å²) in [5, 5.41) is 30.1. The van der Waals surface area contributed by atoms with Crippen LogP contribution in [0.5, 0.6) is 17.2 Å². The monoisotopic (exact) mass is 392 g/mol. The molecule has 0 aliphatic carbocycles. The minimum absolute atomic E-state index is 0.0389. The summed E-state index contributed by atoms with van der Waals surface area (Å²) < 4.78 is 0. The molecule has 2 rings (SSSR count).